The highest BCUT2D eigenvalue weighted by molar-refractivity contribution is 5.76. The van der Waals surface area contributed by atoms with Crippen LogP contribution in [0.25, 0.3) is 0 Å². The van der Waals surface area contributed by atoms with Crippen LogP contribution in [0.2, 0.25) is 0 Å². The molecule has 0 spiro atoms. The standard InChI is InChI=1S/C10H13F3N4O2/c1-16-4-7(14-15-16)5-17-3-2-9(6-17,8(18)19)10(11,12)13/h4H,2-3,5-6H2,1H3,(H,18,19). The molecular formula is C10H13F3N4O2. The van der Waals surface area contributed by atoms with Crippen molar-refractivity contribution < 1.29 is 23.1 Å². The summed E-state index contributed by atoms with van der Waals surface area (Å²) < 4.78 is 40.3. The summed E-state index contributed by atoms with van der Waals surface area (Å²) in [6, 6.07) is 0. The molecule has 0 saturated carbocycles. The van der Waals surface area contributed by atoms with E-state index in [0.717, 1.165) is 0 Å². The highest BCUT2D eigenvalue weighted by atomic mass is 19.4. The first-order chi connectivity index (χ1) is 8.74. The Morgan fingerprint density at radius 2 is 2.26 bits per heavy atom. The zero-order valence-electron chi connectivity index (χ0n) is 10.2. The second kappa shape index (κ2) is 4.48. The summed E-state index contributed by atoms with van der Waals surface area (Å²) in [6.07, 6.45) is -3.60. The summed E-state index contributed by atoms with van der Waals surface area (Å²) in [5.41, 5.74) is -2.15. The van der Waals surface area contributed by atoms with Gasteiger partial charge in [0.1, 0.15) is 0 Å². The third-order valence-electron chi connectivity index (χ3n) is 3.34. The molecule has 1 unspecified atom stereocenters. The average molecular weight is 278 g/mol. The zero-order chi connectivity index (χ0) is 14.3. The summed E-state index contributed by atoms with van der Waals surface area (Å²) in [4.78, 5) is 12.4. The number of hydrogen-bond acceptors (Lipinski definition) is 4. The molecule has 1 saturated heterocycles. The van der Waals surface area contributed by atoms with E-state index in [4.69, 9.17) is 5.11 Å². The Hall–Kier alpha value is -1.64. The van der Waals surface area contributed by atoms with Gasteiger partial charge >= 0.3 is 12.1 Å². The van der Waals surface area contributed by atoms with Crippen LogP contribution in [0.4, 0.5) is 13.2 Å². The molecule has 9 heteroatoms. The van der Waals surface area contributed by atoms with Crippen LogP contribution in [0.1, 0.15) is 12.1 Å². The van der Waals surface area contributed by atoms with Gasteiger partial charge in [0.25, 0.3) is 0 Å². The van der Waals surface area contributed by atoms with E-state index in [-0.39, 0.29) is 13.1 Å². The van der Waals surface area contributed by atoms with E-state index >= 15 is 0 Å². The van der Waals surface area contributed by atoms with Crippen LogP contribution < -0.4 is 0 Å². The molecule has 1 fully saturated rings. The predicted molar refractivity (Wildman–Crippen MR) is 57.0 cm³/mol. The second-order valence-electron chi connectivity index (χ2n) is 4.73. The third kappa shape index (κ3) is 2.42. The van der Waals surface area contributed by atoms with Gasteiger partial charge in [-0.2, -0.15) is 13.2 Å². The third-order valence-corrected chi connectivity index (χ3v) is 3.34. The van der Waals surface area contributed by atoms with Crippen LogP contribution in [0.15, 0.2) is 6.20 Å². The molecule has 1 aromatic rings. The lowest BCUT2D eigenvalue weighted by atomic mass is 9.86. The van der Waals surface area contributed by atoms with Gasteiger partial charge in [-0.05, 0) is 6.42 Å². The zero-order valence-corrected chi connectivity index (χ0v) is 10.2. The quantitative estimate of drug-likeness (QED) is 0.879. The van der Waals surface area contributed by atoms with Crippen molar-refractivity contribution in [3.63, 3.8) is 0 Å². The van der Waals surface area contributed by atoms with Crippen molar-refractivity contribution >= 4 is 5.97 Å². The van der Waals surface area contributed by atoms with Gasteiger partial charge in [0.15, 0.2) is 5.41 Å². The van der Waals surface area contributed by atoms with Crippen molar-refractivity contribution in [3.05, 3.63) is 11.9 Å². The predicted octanol–water partition coefficient (Wildman–Crippen LogP) is 0.654. The van der Waals surface area contributed by atoms with Crippen molar-refractivity contribution in [3.8, 4) is 0 Å². The van der Waals surface area contributed by atoms with Crippen LogP contribution in [-0.2, 0) is 18.4 Å². The Morgan fingerprint density at radius 1 is 1.58 bits per heavy atom. The van der Waals surface area contributed by atoms with Crippen LogP contribution in [0.3, 0.4) is 0 Å². The van der Waals surface area contributed by atoms with Gasteiger partial charge in [-0.1, -0.05) is 5.21 Å². The van der Waals surface area contributed by atoms with Gasteiger partial charge in [0.05, 0.1) is 5.69 Å². The lowest BCUT2D eigenvalue weighted by Crippen LogP contribution is -2.47. The summed E-state index contributed by atoms with van der Waals surface area (Å²) in [5.74, 6) is -1.82. The summed E-state index contributed by atoms with van der Waals surface area (Å²) in [7, 11) is 1.65. The van der Waals surface area contributed by atoms with E-state index in [2.05, 4.69) is 10.3 Å². The lowest BCUT2D eigenvalue weighted by molar-refractivity contribution is -0.227. The number of alkyl halides is 3. The molecule has 0 radical (unpaired) electrons. The van der Waals surface area contributed by atoms with Gasteiger partial charge in [0, 0.05) is 32.9 Å². The molecule has 0 amide bonds. The number of aryl methyl sites for hydroxylation is 1. The molecule has 19 heavy (non-hydrogen) atoms. The van der Waals surface area contributed by atoms with E-state index in [9.17, 15) is 18.0 Å². The molecule has 2 rings (SSSR count). The highest BCUT2D eigenvalue weighted by Gasteiger charge is 2.63. The van der Waals surface area contributed by atoms with E-state index in [1.807, 2.05) is 0 Å². The van der Waals surface area contributed by atoms with Crippen LogP contribution in [0, 0.1) is 5.41 Å². The van der Waals surface area contributed by atoms with Gasteiger partial charge in [-0.15, -0.1) is 5.10 Å². The Morgan fingerprint density at radius 3 is 2.68 bits per heavy atom. The van der Waals surface area contributed by atoms with Gasteiger partial charge in [-0.25, -0.2) is 0 Å². The maximum atomic E-state index is 12.9. The van der Waals surface area contributed by atoms with E-state index < -0.39 is 30.5 Å². The Bertz CT molecular complexity index is 487. The molecule has 1 aromatic heterocycles. The molecule has 1 atom stereocenters. The van der Waals surface area contributed by atoms with Crippen LogP contribution >= 0.6 is 0 Å². The first kappa shape index (κ1) is 13.8. The van der Waals surface area contributed by atoms with Crippen molar-refractivity contribution in [1.82, 2.24) is 19.9 Å². The molecule has 1 N–H and O–H groups in total. The largest absolute Gasteiger partial charge is 0.481 e. The lowest BCUT2D eigenvalue weighted by Gasteiger charge is -2.27. The topological polar surface area (TPSA) is 71.2 Å². The van der Waals surface area contributed by atoms with Gasteiger partial charge in [-0.3, -0.25) is 14.4 Å². The molecule has 106 valence electrons. The molecule has 0 aliphatic carbocycles. The molecule has 1 aliphatic heterocycles. The molecule has 0 aromatic carbocycles. The smallest absolute Gasteiger partial charge is 0.406 e. The average Bonchev–Trinajstić information content (AvgIpc) is 2.85. The number of likely N-dealkylation sites (tertiary alicyclic amines) is 1. The fraction of sp³-hybridized carbons (Fsp3) is 0.700. The fourth-order valence-corrected chi connectivity index (χ4v) is 2.25. The minimum atomic E-state index is -4.75. The molecular weight excluding hydrogens is 265 g/mol. The van der Waals surface area contributed by atoms with Crippen LogP contribution in [0.5, 0.6) is 0 Å². The number of aliphatic carboxylic acids is 1. The van der Waals surface area contributed by atoms with E-state index in [0.29, 0.717) is 5.69 Å². The van der Waals surface area contributed by atoms with Gasteiger partial charge in [0.2, 0.25) is 0 Å². The number of halogens is 3. The van der Waals surface area contributed by atoms with Crippen molar-refractivity contribution in [1.29, 1.82) is 0 Å². The number of carboxylic acid groups (broad SMARTS) is 1. The monoisotopic (exact) mass is 278 g/mol. The number of carbonyl (C=O) groups is 1. The molecule has 0 bridgehead atoms. The van der Waals surface area contributed by atoms with E-state index in [1.165, 1.54) is 9.58 Å². The Labute approximate surface area is 106 Å². The summed E-state index contributed by atoms with van der Waals surface area (Å²) >= 11 is 0. The Kier molecular flexibility index (Phi) is 3.25. The maximum absolute atomic E-state index is 12.9. The second-order valence-corrected chi connectivity index (χ2v) is 4.73. The summed E-state index contributed by atoms with van der Waals surface area (Å²) in [6.45, 7) is -0.316. The molecule has 6 nitrogen and oxygen atoms in total. The summed E-state index contributed by atoms with van der Waals surface area (Å²) in [5, 5.41) is 16.4. The number of carboxylic acids is 1. The van der Waals surface area contributed by atoms with E-state index in [1.54, 1.807) is 13.2 Å². The number of aromatic nitrogens is 3. The van der Waals surface area contributed by atoms with Gasteiger partial charge < -0.3 is 5.11 Å². The SMILES string of the molecule is Cn1cc(CN2CCC(C(=O)O)(C(F)(F)F)C2)nn1. The first-order valence-corrected chi connectivity index (χ1v) is 5.62. The number of nitrogens with zero attached hydrogens (tertiary/aromatic N) is 4. The normalized spacial score (nSPS) is 24.8. The highest BCUT2D eigenvalue weighted by Crippen LogP contribution is 2.45. The Balaban J connectivity index is 2.11. The minimum Gasteiger partial charge on any atom is -0.481 e. The first-order valence-electron chi connectivity index (χ1n) is 5.62. The van der Waals surface area contributed by atoms with Crippen molar-refractivity contribution in [2.45, 2.75) is 19.1 Å². The number of rotatable bonds is 3. The maximum Gasteiger partial charge on any atom is 0.406 e. The minimum absolute atomic E-state index is 0.0718. The van der Waals surface area contributed by atoms with Crippen LogP contribution in [-0.4, -0.2) is 50.2 Å². The number of hydrogen-bond donors (Lipinski definition) is 1. The van der Waals surface area contributed by atoms with Crippen molar-refractivity contribution in [2.75, 3.05) is 13.1 Å². The van der Waals surface area contributed by atoms with Crippen molar-refractivity contribution in [2.24, 2.45) is 12.5 Å². The molecule has 1 aliphatic rings. The fourth-order valence-electron chi connectivity index (χ4n) is 2.25. The molecule has 2 heterocycles.